The van der Waals surface area contributed by atoms with Crippen LogP contribution in [0.4, 0.5) is 17.6 Å². The van der Waals surface area contributed by atoms with Gasteiger partial charge in [-0.05, 0) is 92.7 Å². The Hall–Kier alpha value is -1.76. The van der Waals surface area contributed by atoms with Crippen molar-refractivity contribution in [3.63, 3.8) is 0 Å². The summed E-state index contributed by atoms with van der Waals surface area (Å²) >= 11 is 0. The summed E-state index contributed by atoms with van der Waals surface area (Å²) in [5.74, 6) is 5.14. The summed E-state index contributed by atoms with van der Waals surface area (Å²) < 4.78 is 50.8. The van der Waals surface area contributed by atoms with Crippen LogP contribution in [0.2, 0.25) is 0 Å². The van der Waals surface area contributed by atoms with Crippen molar-refractivity contribution in [3.05, 3.63) is 47.8 Å². The van der Waals surface area contributed by atoms with Crippen molar-refractivity contribution in [1.29, 1.82) is 0 Å². The number of hydrogen-bond donors (Lipinski definition) is 0. The molecule has 2 fully saturated rings. The van der Waals surface area contributed by atoms with Crippen LogP contribution in [-0.2, 0) is 0 Å². The van der Waals surface area contributed by atoms with Crippen molar-refractivity contribution in [2.24, 2.45) is 17.8 Å². The molecule has 0 bridgehead atoms. The molecule has 2 aliphatic rings. The maximum Gasteiger partial charge on any atom is 0.458 e. The van der Waals surface area contributed by atoms with Crippen molar-refractivity contribution in [2.75, 3.05) is 0 Å². The number of hydrogen-bond acceptors (Lipinski definition) is 0. The maximum atomic E-state index is 14.2. The molecule has 1 aromatic carbocycles. The molecule has 0 unspecified atom stereocenters. The third-order valence-corrected chi connectivity index (χ3v) is 6.91. The lowest BCUT2D eigenvalue weighted by Crippen LogP contribution is -2.25. The second-order valence-electron chi connectivity index (χ2n) is 8.75. The third-order valence-electron chi connectivity index (χ3n) is 6.91. The molecule has 0 aliphatic heterocycles. The molecule has 1 aromatic rings. The predicted octanol–water partition coefficient (Wildman–Crippen LogP) is 7.79. The van der Waals surface area contributed by atoms with Gasteiger partial charge in [-0.2, -0.15) is 13.2 Å². The van der Waals surface area contributed by atoms with Crippen LogP contribution in [0, 0.1) is 35.4 Å². The van der Waals surface area contributed by atoms with E-state index < -0.39 is 12.0 Å². The van der Waals surface area contributed by atoms with E-state index >= 15 is 0 Å². The van der Waals surface area contributed by atoms with Gasteiger partial charge in [0.15, 0.2) is 0 Å². The Morgan fingerprint density at radius 2 is 1.59 bits per heavy atom. The van der Waals surface area contributed by atoms with Gasteiger partial charge < -0.3 is 0 Å². The largest absolute Gasteiger partial charge is 0.458 e. The van der Waals surface area contributed by atoms with Crippen molar-refractivity contribution in [3.8, 4) is 11.8 Å². The zero-order chi connectivity index (χ0) is 20.9. The molecule has 29 heavy (non-hydrogen) atoms. The molecule has 0 nitrogen and oxygen atoms in total. The number of allylic oxidation sites excluding steroid dienone is 1. The van der Waals surface area contributed by atoms with Crippen molar-refractivity contribution in [2.45, 2.75) is 76.3 Å². The summed E-state index contributed by atoms with van der Waals surface area (Å²) in [5, 5.41) is 0. The monoisotopic (exact) mass is 406 g/mol. The van der Waals surface area contributed by atoms with Gasteiger partial charge in [0, 0.05) is 5.92 Å². The first kappa shape index (κ1) is 21.9. The average molecular weight is 407 g/mol. The molecular formula is C25H30F4. The fourth-order valence-electron chi connectivity index (χ4n) is 5.25. The topological polar surface area (TPSA) is 0 Å². The minimum Gasteiger partial charge on any atom is -0.206 e. The van der Waals surface area contributed by atoms with Crippen LogP contribution in [0.1, 0.15) is 81.3 Å². The minimum atomic E-state index is -4.60. The van der Waals surface area contributed by atoms with Crippen LogP contribution in [0.5, 0.6) is 0 Å². The molecule has 0 radical (unpaired) electrons. The lowest BCUT2D eigenvalue weighted by Gasteiger charge is -2.38. The zero-order valence-electron chi connectivity index (χ0n) is 16.9. The Morgan fingerprint density at radius 3 is 2.14 bits per heavy atom. The van der Waals surface area contributed by atoms with Gasteiger partial charge in [-0.25, -0.2) is 4.39 Å². The molecule has 2 saturated carbocycles. The molecule has 2 aliphatic carbocycles. The smallest absolute Gasteiger partial charge is 0.206 e. The molecular weight excluding hydrogens is 376 g/mol. The van der Waals surface area contributed by atoms with Gasteiger partial charge in [0.1, 0.15) is 5.82 Å². The molecule has 0 spiro atoms. The van der Waals surface area contributed by atoms with Gasteiger partial charge >= 0.3 is 6.18 Å². The second-order valence-corrected chi connectivity index (χ2v) is 8.75. The van der Waals surface area contributed by atoms with E-state index in [1.165, 1.54) is 57.1 Å². The normalized spacial score (nSPS) is 27.7. The molecule has 0 N–H and O–H groups in total. The summed E-state index contributed by atoms with van der Waals surface area (Å²) in [6.07, 6.45) is 9.57. The first-order valence-electron chi connectivity index (χ1n) is 10.9. The second kappa shape index (κ2) is 9.83. The Morgan fingerprint density at radius 1 is 0.966 bits per heavy atom. The Kier molecular flexibility index (Phi) is 7.44. The van der Waals surface area contributed by atoms with Crippen LogP contribution >= 0.6 is 0 Å². The maximum absolute atomic E-state index is 14.2. The molecule has 3 rings (SSSR count). The zero-order valence-corrected chi connectivity index (χ0v) is 16.9. The molecule has 4 heteroatoms. The average Bonchev–Trinajstić information content (AvgIpc) is 2.71. The lowest BCUT2D eigenvalue weighted by atomic mass is 9.68. The number of rotatable bonds is 5. The Labute approximate surface area is 171 Å². The van der Waals surface area contributed by atoms with Gasteiger partial charge in [0.05, 0.1) is 5.56 Å². The number of alkyl halides is 3. The van der Waals surface area contributed by atoms with E-state index in [1.807, 2.05) is 12.0 Å². The van der Waals surface area contributed by atoms with Crippen molar-refractivity contribution < 1.29 is 17.6 Å². The summed E-state index contributed by atoms with van der Waals surface area (Å²) in [7, 11) is 0. The van der Waals surface area contributed by atoms with E-state index in [-0.39, 0.29) is 5.56 Å². The van der Waals surface area contributed by atoms with E-state index in [9.17, 15) is 17.6 Å². The van der Waals surface area contributed by atoms with E-state index in [4.69, 9.17) is 0 Å². The van der Waals surface area contributed by atoms with Gasteiger partial charge in [-0.15, -0.1) is 6.58 Å². The standard InChI is InChI=1S/C25H30F4/c1-2-3-4-18-5-7-19(8-6-18)20-9-11-21(12-10-20)23-14-13-22(24(26)17-23)15-16-25(27,28)29/h2,13-14,17-21H,1,3-12H2. The van der Waals surface area contributed by atoms with E-state index in [2.05, 4.69) is 6.58 Å². The highest BCUT2D eigenvalue weighted by Gasteiger charge is 2.31. The van der Waals surface area contributed by atoms with Crippen molar-refractivity contribution >= 4 is 0 Å². The quantitative estimate of drug-likeness (QED) is 0.266. The highest BCUT2D eigenvalue weighted by atomic mass is 19.4. The fourth-order valence-corrected chi connectivity index (χ4v) is 5.25. The van der Waals surface area contributed by atoms with Crippen LogP contribution in [0.25, 0.3) is 0 Å². The van der Waals surface area contributed by atoms with Crippen LogP contribution in [0.15, 0.2) is 30.9 Å². The molecule has 0 heterocycles. The molecule has 0 aromatic heterocycles. The first-order valence-corrected chi connectivity index (χ1v) is 10.9. The van der Waals surface area contributed by atoms with E-state index in [0.717, 1.165) is 48.5 Å². The Bertz CT molecular complexity index is 736. The van der Waals surface area contributed by atoms with Crippen LogP contribution < -0.4 is 0 Å². The molecule has 158 valence electrons. The highest BCUT2D eigenvalue weighted by Crippen LogP contribution is 2.44. The summed E-state index contributed by atoms with van der Waals surface area (Å²) in [4.78, 5) is 0. The molecule has 0 saturated heterocycles. The molecule has 0 atom stereocenters. The van der Waals surface area contributed by atoms with Gasteiger partial charge in [0.2, 0.25) is 0 Å². The first-order chi connectivity index (χ1) is 13.9. The summed E-state index contributed by atoms with van der Waals surface area (Å²) in [6.45, 7) is 3.82. The van der Waals surface area contributed by atoms with E-state index in [1.54, 1.807) is 6.07 Å². The lowest BCUT2D eigenvalue weighted by molar-refractivity contribution is -0.0696. The Balaban J connectivity index is 1.51. The number of halogens is 4. The van der Waals surface area contributed by atoms with E-state index in [0.29, 0.717) is 5.92 Å². The van der Waals surface area contributed by atoms with Gasteiger partial charge in [-0.1, -0.05) is 30.9 Å². The SMILES string of the molecule is C=CCCC1CCC(C2CCC(c3ccc(C#CC(F)(F)F)c(F)c3)CC2)CC1. The van der Waals surface area contributed by atoms with Crippen molar-refractivity contribution in [1.82, 2.24) is 0 Å². The van der Waals surface area contributed by atoms with Gasteiger partial charge in [0.25, 0.3) is 0 Å². The minimum absolute atomic E-state index is 0.187. The van der Waals surface area contributed by atoms with Crippen LogP contribution in [-0.4, -0.2) is 6.18 Å². The summed E-state index contributed by atoms with van der Waals surface area (Å²) in [6, 6.07) is 4.52. The van der Waals surface area contributed by atoms with Crippen LogP contribution in [0.3, 0.4) is 0 Å². The highest BCUT2D eigenvalue weighted by molar-refractivity contribution is 5.39. The summed E-state index contributed by atoms with van der Waals surface area (Å²) in [5.41, 5.74) is 0.708. The predicted molar refractivity (Wildman–Crippen MR) is 109 cm³/mol. The fraction of sp³-hybridized carbons (Fsp3) is 0.600. The third kappa shape index (κ3) is 6.36. The van der Waals surface area contributed by atoms with Gasteiger partial charge in [-0.3, -0.25) is 0 Å². The molecule has 0 amide bonds. The number of benzene rings is 1.